The van der Waals surface area contributed by atoms with Gasteiger partial charge in [-0.05, 0) is 30.0 Å². The van der Waals surface area contributed by atoms with Gasteiger partial charge in [0.1, 0.15) is 23.1 Å². The minimum absolute atomic E-state index is 0.162. The zero-order valence-corrected chi connectivity index (χ0v) is 13.3. The molecule has 108 valence electrons. The number of hydrogen-bond donors (Lipinski definition) is 1. The Kier molecular flexibility index (Phi) is 4.60. The van der Waals surface area contributed by atoms with E-state index in [0.29, 0.717) is 6.61 Å². The highest BCUT2D eigenvalue weighted by atomic mass is 32.1. The zero-order chi connectivity index (χ0) is 14.6. The summed E-state index contributed by atoms with van der Waals surface area (Å²) in [5, 5.41) is 8.31. The van der Waals surface area contributed by atoms with Crippen LogP contribution in [0.25, 0.3) is 0 Å². The van der Waals surface area contributed by atoms with E-state index in [9.17, 15) is 0 Å². The van der Waals surface area contributed by atoms with Gasteiger partial charge in [0.15, 0.2) is 0 Å². The van der Waals surface area contributed by atoms with Crippen molar-refractivity contribution in [2.24, 2.45) is 0 Å². The minimum atomic E-state index is 0.162. The van der Waals surface area contributed by atoms with E-state index in [1.165, 1.54) is 17.1 Å². The molecule has 0 aliphatic rings. The van der Waals surface area contributed by atoms with Gasteiger partial charge in [-0.1, -0.05) is 37.4 Å². The molecule has 0 saturated carbocycles. The fourth-order valence-corrected chi connectivity index (χ4v) is 2.44. The van der Waals surface area contributed by atoms with Gasteiger partial charge in [0, 0.05) is 18.1 Å². The highest BCUT2D eigenvalue weighted by Crippen LogP contribution is 2.25. The molecule has 20 heavy (non-hydrogen) atoms. The Morgan fingerprint density at radius 3 is 2.50 bits per heavy atom. The van der Waals surface area contributed by atoms with Crippen LogP contribution in [0.1, 0.15) is 39.0 Å². The third kappa shape index (κ3) is 3.70. The molecule has 2 aromatic rings. The Bertz CT molecular complexity index is 543. The first-order valence-corrected chi connectivity index (χ1v) is 7.56. The van der Waals surface area contributed by atoms with Gasteiger partial charge < -0.3 is 10.1 Å². The van der Waals surface area contributed by atoms with Gasteiger partial charge in [0.05, 0.1) is 0 Å². The minimum Gasteiger partial charge on any atom is -0.487 e. The van der Waals surface area contributed by atoms with Gasteiger partial charge in [-0.25, -0.2) is 0 Å². The summed E-state index contributed by atoms with van der Waals surface area (Å²) in [5.74, 6) is 0.855. The Morgan fingerprint density at radius 1 is 1.20 bits per heavy atom. The molecule has 4 nitrogen and oxygen atoms in total. The molecule has 1 heterocycles. The van der Waals surface area contributed by atoms with Crippen molar-refractivity contribution < 1.29 is 4.74 Å². The highest BCUT2D eigenvalue weighted by molar-refractivity contribution is 7.10. The second kappa shape index (κ2) is 6.22. The summed E-state index contributed by atoms with van der Waals surface area (Å²) in [5.41, 5.74) is 2.32. The lowest BCUT2D eigenvalue weighted by molar-refractivity contribution is 0.301. The van der Waals surface area contributed by atoms with Crippen molar-refractivity contribution in [1.82, 2.24) is 9.59 Å². The zero-order valence-electron chi connectivity index (χ0n) is 12.4. The smallest absolute Gasteiger partial charge is 0.136 e. The van der Waals surface area contributed by atoms with Gasteiger partial charge in [-0.15, -0.1) is 5.10 Å². The summed E-state index contributed by atoms with van der Waals surface area (Å²) in [7, 11) is 0. The monoisotopic (exact) mass is 291 g/mol. The van der Waals surface area contributed by atoms with E-state index in [-0.39, 0.29) is 5.41 Å². The molecule has 0 aliphatic heterocycles. The number of aromatic nitrogens is 2. The van der Waals surface area contributed by atoms with E-state index < -0.39 is 0 Å². The second-order valence-corrected chi connectivity index (χ2v) is 6.40. The van der Waals surface area contributed by atoms with Gasteiger partial charge >= 0.3 is 0 Å². The van der Waals surface area contributed by atoms with Gasteiger partial charge in [0.25, 0.3) is 0 Å². The standard InChI is InChI=1S/C15H21N3OS/c1-5-16-14-13(17-18-20-14)10-19-12-8-6-11(7-9-12)15(2,3)4/h6-9,16H,5,10H2,1-4H3. The number of anilines is 1. The van der Waals surface area contributed by atoms with E-state index >= 15 is 0 Å². The van der Waals surface area contributed by atoms with Crippen molar-refractivity contribution in [3.63, 3.8) is 0 Å². The van der Waals surface area contributed by atoms with Crippen LogP contribution >= 0.6 is 11.5 Å². The van der Waals surface area contributed by atoms with Gasteiger partial charge in [0.2, 0.25) is 0 Å². The van der Waals surface area contributed by atoms with Crippen LogP contribution in [0.5, 0.6) is 5.75 Å². The summed E-state index contributed by atoms with van der Waals surface area (Å²) in [6.45, 7) is 9.95. The van der Waals surface area contributed by atoms with E-state index in [1.54, 1.807) is 0 Å². The largest absolute Gasteiger partial charge is 0.487 e. The van der Waals surface area contributed by atoms with E-state index in [4.69, 9.17) is 4.74 Å². The lowest BCUT2D eigenvalue weighted by atomic mass is 9.87. The lowest BCUT2D eigenvalue weighted by Gasteiger charge is -2.19. The van der Waals surface area contributed by atoms with Crippen LogP contribution in [-0.2, 0) is 12.0 Å². The fourth-order valence-electron chi connectivity index (χ4n) is 1.80. The average molecular weight is 291 g/mol. The average Bonchev–Trinajstić information content (AvgIpc) is 2.84. The van der Waals surface area contributed by atoms with Crippen LogP contribution in [0.4, 0.5) is 5.00 Å². The third-order valence-electron chi connectivity index (χ3n) is 2.99. The van der Waals surface area contributed by atoms with Crippen LogP contribution in [0.3, 0.4) is 0 Å². The van der Waals surface area contributed by atoms with Crippen LogP contribution in [0.2, 0.25) is 0 Å². The molecule has 0 fully saturated rings. The van der Waals surface area contributed by atoms with Crippen LogP contribution < -0.4 is 10.1 Å². The number of benzene rings is 1. The molecule has 0 bridgehead atoms. The molecule has 2 rings (SSSR count). The highest BCUT2D eigenvalue weighted by Gasteiger charge is 2.13. The maximum absolute atomic E-state index is 5.77. The van der Waals surface area contributed by atoms with Crippen molar-refractivity contribution in [1.29, 1.82) is 0 Å². The molecular weight excluding hydrogens is 270 g/mol. The van der Waals surface area contributed by atoms with Crippen LogP contribution in [-0.4, -0.2) is 16.1 Å². The molecule has 0 unspecified atom stereocenters. The molecule has 1 aromatic carbocycles. The molecule has 0 atom stereocenters. The maximum Gasteiger partial charge on any atom is 0.136 e. The van der Waals surface area contributed by atoms with E-state index in [2.05, 4.69) is 54.7 Å². The Labute approximate surface area is 124 Å². The predicted octanol–water partition coefficient (Wildman–Crippen LogP) is 3.85. The number of nitrogens with zero attached hydrogens (tertiary/aromatic N) is 2. The maximum atomic E-state index is 5.77. The molecule has 0 radical (unpaired) electrons. The van der Waals surface area contributed by atoms with Gasteiger partial charge in [-0.2, -0.15) is 0 Å². The summed E-state index contributed by atoms with van der Waals surface area (Å²) in [4.78, 5) is 0. The lowest BCUT2D eigenvalue weighted by Crippen LogP contribution is -2.10. The number of ether oxygens (including phenoxy) is 1. The molecule has 0 aliphatic carbocycles. The first-order chi connectivity index (χ1) is 9.50. The summed E-state index contributed by atoms with van der Waals surface area (Å²) >= 11 is 1.36. The summed E-state index contributed by atoms with van der Waals surface area (Å²) in [6, 6.07) is 8.24. The second-order valence-electron chi connectivity index (χ2n) is 5.64. The Balaban J connectivity index is 1.99. The SMILES string of the molecule is CCNc1snnc1COc1ccc(C(C)(C)C)cc1. The number of rotatable bonds is 5. The van der Waals surface area contributed by atoms with Crippen molar-refractivity contribution in [3.05, 3.63) is 35.5 Å². The number of nitrogens with one attached hydrogen (secondary N) is 1. The van der Waals surface area contributed by atoms with Crippen molar-refractivity contribution in [2.45, 2.75) is 39.7 Å². The molecule has 0 spiro atoms. The first kappa shape index (κ1) is 14.8. The normalized spacial score (nSPS) is 11.4. The summed E-state index contributed by atoms with van der Waals surface area (Å²) in [6.07, 6.45) is 0. The predicted molar refractivity (Wildman–Crippen MR) is 83.5 cm³/mol. The quantitative estimate of drug-likeness (QED) is 0.909. The van der Waals surface area contributed by atoms with Gasteiger partial charge in [-0.3, -0.25) is 0 Å². The molecule has 0 amide bonds. The van der Waals surface area contributed by atoms with Crippen LogP contribution in [0.15, 0.2) is 24.3 Å². The van der Waals surface area contributed by atoms with Crippen molar-refractivity contribution in [3.8, 4) is 5.75 Å². The molecular formula is C15H21N3OS. The molecule has 0 saturated heterocycles. The molecule has 1 N–H and O–H groups in total. The Hall–Kier alpha value is -1.62. The van der Waals surface area contributed by atoms with Crippen molar-refractivity contribution >= 4 is 16.5 Å². The first-order valence-electron chi connectivity index (χ1n) is 6.79. The molecule has 1 aromatic heterocycles. The van der Waals surface area contributed by atoms with E-state index in [0.717, 1.165) is 23.0 Å². The molecule has 5 heteroatoms. The number of hydrogen-bond acceptors (Lipinski definition) is 5. The topological polar surface area (TPSA) is 47.0 Å². The summed E-state index contributed by atoms with van der Waals surface area (Å²) < 4.78 is 9.72. The van der Waals surface area contributed by atoms with E-state index in [1.807, 2.05) is 12.1 Å². The fraction of sp³-hybridized carbons (Fsp3) is 0.467. The Morgan fingerprint density at radius 2 is 1.90 bits per heavy atom. The third-order valence-corrected chi connectivity index (χ3v) is 3.71. The van der Waals surface area contributed by atoms with Crippen LogP contribution in [0, 0.1) is 0 Å². The van der Waals surface area contributed by atoms with Crippen molar-refractivity contribution in [2.75, 3.05) is 11.9 Å².